The van der Waals surface area contributed by atoms with Crippen LogP contribution in [0, 0.1) is 11.6 Å². The lowest BCUT2D eigenvalue weighted by molar-refractivity contribution is 0.187. The van der Waals surface area contributed by atoms with Crippen molar-refractivity contribution in [3.63, 3.8) is 0 Å². The molecule has 2 rings (SSSR count). The fraction of sp³-hybridized carbons (Fsp3) is 0.412. The molecule has 0 aliphatic carbocycles. The lowest BCUT2D eigenvalue weighted by Crippen LogP contribution is -2.35. The third kappa shape index (κ3) is 3.93. The molecule has 0 bridgehead atoms. The fourth-order valence-electron chi connectivity index (χ4n) is 2.58. The summed E-state index contributed by atoms with van der Waals surface area (Å²) in [5, 5.41) is 3.20. The number of benzene rings is 1. The van der Waals surface area contributed by atoms with Gasteiger partial charge in [-0.25, -0.2) is 8.78 Å². The van der Waals surface area contributed by atoms with Gasteiger partial charge >= 0.3 is 0 Å². The van der Waals surface area contributed by atoms with Gasteiger partial charge in [-0.2, -0.15) is 0 Å². The number of nitrogens with one attached hydrogen (secondary N) is 1. The highest BCUT2D eigenvalue weighted by Gasteiger charge is 2.20. The van der Waals surface area contributed by atoms with Gasteiger partial charge in [0, 0.05) is 18.7 Å². The Kier molecular flexibility index (Phi) is 6.10. The first-order chi connectivity index (χ1) is 10.7. The predicted molar refractivity (Wildman–Crippen MR) is 82.4 cm³/mol. The number of rotatable bonds is 8. The van der Waals surface area contributed by atoms with Gasteiger partial charge < -0.3 is 9.73 Å². The molecule has 0 saturated heterocycles. The Morgan fingerprint density at radius 2 is 1.91 bits per heavy atom. The van der Waals surface area contributed by atoms with E-state index < -0.39 is 11.6 Å². The van der Waals surface area contributed by atoms with Crippen molar-refractivity contribution in [1.82, 2.24) is 10.2 Å². The SMILES string of the molecule is CCN(CC)[C@H](CNCc1cccc(F)c1F)c1ccco1. The van der Waals surface area contributed by atoms with E-state index in [1.165, 1.54) is 6.07 Å². The molecule has 5 heteroatoms. The molecule has 1 aromatic carbocycles. The Bertz CT molecular complexity index is 568. The van der Waals surface area contributed by atoms with Crippen LogP contribution in [-0.4, -0.2) is 24.5 Å². The smallest absolute Gasteiger partial charge is 0.163 e. The third-order valence-corrected chi connectivity index (χ3v) is 3.81. The molecule has 120 valence electrons. The van der Waals surface area contributed by atoms with Crippen molar-refractivity contribution in [2.24, 2.45) is 0 Å². The van der Waals surface area contributed by atoms with Gasteiger partial charge in [0.2, 0.25) is 0 Å². The quantitative estimate of drug-likeness (QED) is 0.805. The van der Waals surface area contributed by atoms with E-state index in [1.54, 1.807) is 12.3 Å². The van der Waals surface area contributed by atoms with E-state index in [0.29, 0.717) is 12.1 Å². The Morgan fingerprint density at radius 1 is 1.14 bits per heavy atom. The maximum atomic E-state index is 13.6. The van der Waals surface area contributed by atoms with E-state index in [-0.39, 0.29) is 12.6 Å². The van der Waals surface area contributed by atoms with Crippen molar-refractivity contribution in [1.29, 1.82) is 0 Å². The van der Waals surface area contributed by atoms with E-state index in [9.17, 15) is 8.78 Å². The molecule has 2 aromatic rings. The second-order valence-electron chi connectivity index (χ2n) is 5.10. The van der Waals surface area contributed by atoms with Crippen LogP contribution in [0.1, 0.15) is 31.2 Å². The van der Waals surface area contributed by atoms with Gasteiger partial charge in [0.25, 0.3) is 0 Å². The summed E-state index contributed by atoms with van der Waals surface area (Å²) in [5.41, 5.74) is 0.331. The molecule has 0 aliphatic rings. The van der Waals surface area contributed by atoms with Gasteiger partial charge in [-0.15, -0.1) is 0 Å². The summed E-state index contributed by atoms with van der Waals surface area (Å²) in [6, 6.07) is 8.10. The summed E-state index contributed by atoms with van der Waals surface area (Å²) in [4.78, 5) is 2.26. The average Bonchev–Trinajstić information content (AvgIpc) is 3.05. The molecule has 0 amide bonds. The van der Waals surface area contributed by atoms with E-state index in [2.05, 4.69) is 24.1 Å². The highest BCUT2D eigenvalue weighted by atomic mass is 19.2. The van der Waals surface area contributed by atoms with Crippen LogP contribution in [0.2, 0.25) is 0 Å². The second kappa shape index (κ2) is 8.06. The number of halogens is 2. The molecule has 0 unspecified atom stereocenters. The second-order valence-corrected chi connectivity index (χ2v) is 5.10. The van der Waals surface area contributed by atoms with Crippen LogP contribution in [0.15, 0.2) is 41.0 Å². The summed E-state index contributed by atoms with van der Waals surface area (Å²) in [6.45, 7) is 6.83. The van der Waals surface area contributed by atoms with Crippen LogP contribution >= 0.6 is 0 Å². The molecule has 3 nitrogen and oxygen atoms in total. The minimum Gasteiger partial charge on any atom is -0.468 e. The molecule has 0 spiro atoms. The topological polar surface area (TPSA) is 28.4 Å². The maximum absolute atomic E-state index is 13.6. The summed E-state index contributed by atoms with van der Waals surface area (Å²) < 4.78 is 32.4. The van der Waals surface area contributed by atoms with Crippen LogP contribution in [0.4, 0.5) is 8.78 Å². The van der Waals surface area contributed by atoms with Crippen molar-refractivity contribution < 1.29 is 13.2 Å². The lowest BCUT2D eigenvalue weighted by atomic mass is 10.1. The molecule has 1 atom stereocenters. The monoisotopic (exact) mass is 308 g/mol. The van der Waals surface area contributed by atoms with Crippen LogP contribution in [0.25, 0.3) is 0 Å². The standard InChI is InChI=1S/C17H22F2N2O/c1-3-21(4-2)15(16-9-6-10-22-16)12-20-11-13-7-5-8-14(18)17(13)19/h5-10,15,20H,3-4,11-12H2,1-2H3/t15-/m1/s1. The Balaban J connectivity index is 2.01. The number of furan rings is 1. The first-order valence-corrected chi connectivity index (χ1v) is 7.58. The zero-order chi connectivity index (χ0) is 15.9. The van der Waals surface area contributed by atoms with Crippen molar-refractivity contribution in [3.05, 3.63) is 59.6 Å². The van der Waals surface area contributed by atoms with Crippen molar-refractivity contribution in [2.75, 3.05) is 19.6 Å². The molecule has 0 radical (unpaired) electrons. The minimum absolute atomic E-state index is 0.0709. The Morgan fingerprint density at radius 3 is 2.55 bits per heavy atom. The van der Waals surface area contributed by atoms with Gasteiger partial charge in [-0.05, 0) is 31.3 Å². The van der Waals surface area contributed by atoms with Gasteiger partial charge in [-0.3, -0.25) is 4.90 Å². The third-order valence-electron chi connectivity index (χ3n) is 3.81. The predicted octanol–water partition coefficient (Wildman–Crippen LogP) is 3.73. The average molecular weight is 308 g/mol. The van der Waals surface area contributed by atoms with Gasteiger partial charge in [0.05, 0.1) is 12.3 Å². The van der Waals surface area contributed by atoms with Crippen LogP contribution in [0.3, 0.4) is 0 Å². The molecular formula is C17H22F2N2O. The summed E-state index contributed by atoms with van der Waals surface area (Å²) in [7, 11) is 0. The summed E-state index contributed by atoms with van der Waals surface area (Å²) >= 11 is 0. The van der Waals surface area contributed by atoms with Gasteiger partial charge in [-0.1, -0.05) is 26.0 Å². The minimum atomic E-state index is -0.814. The van der Waals surface area contributed by atoms with Gasteiger partial charge in [0.1, 0.15) is 5.76 Å². The molecule has 0 saturated carbocycles. The number of nitrogens with zero attached hydrogens (tertiary/aromatic N) is 1. The normalized spacial score (nSPS) is 12.8. The van der Waals surface area contributed by atoms with E-state index >= 15 is 0 Å². The maximum Gasteiger partial charge on any atom is 0.163 e. The zero-order valence-corrected chi connectivity index (χ0v) is 13.0. The largest absolute Gasteiger partial charge is 0.468 e. The van der Waals surface area contributed by atoms with E-state index in [4.69, 9.17) is 4.42 Å². The van der Waals surface area contributed by atoms with Crippen LogP contribution in [-0.2, 0) is 6.54 Å². The number of likely N-dealkylation sites (N-methyl/N-ethyl adjacent to an activating group) is 1. The molecule has 0 fully saturated rings. The molecule has 1 heterocycles. The van der Waals surface area contributed by atoms with E-state index in [1.807, 2.05) is 12.1 Å². The van der Waals surface area contributed by atoms with Crippen molar-refractivity contribution in [3.8, 4) is 0 Å². The lowest BCUT2D eigenvalue weighted by Gasteiger charge is -2.28. The molecule has 22 heavy (non-hydrogen) atoms. The molecule has 0 aliphatic heterocycles. The Hall–Kier alpha value is -1.72. The summed E-state index contributed by atoms with van der Waals surface area (Å²) in [6.07, 6.45) is 1.65. The molecule has 1 aromatic heterocycles. The molecule has 1 N–H and O–H groups in total. The van der Waals surface area contributed by atoms with Gasteiger partial charge in [0.15, 0.2) is 11.6 Å². The fourth-order valence-corrected chi connectivity index (χ4v) is 2.58. The zero-order valence-electron chi connectivity index (χ0n) is 13.0. The number of hydrogen-bond acceptors (Lipinski definition) is 3. The highest BCUT2D eigenvalue weighted by molar-refractivity contribution is 5.18. The van der Waals surface area contributed by atoms with Crippen molar-refractivity contribution in [2.45, 2.75) is 26.4 Å². The first-order valence-electron chi connectivity index (χ1n) is 7.58. The van der Waals surface area contributed by atoms with Crippen LogP contribution < -0.4 is 5.32 Å². The van der Waals surface area contributed by atoms with E-state index in [0.717, 1.165) is 24.9 Å². The van der Waals surface area contributed by atoms with Crippen LogP contribution in [0.5, 0.6) is 0 Å². The number of hydrogen-bond donors (Lipinski definition) is 1. The first kappa shape index (κ1) is 16.6. The molecular weight excluding hydrogens is 286 g/mol. The Labute approximate surface area is 129 Å². The highest BCUT2D eigenvalue weighted by Crippen LogP contribution is 2.20. The summed E-state index contributed by atoms with van der Waals surface area (Å²) in [5.74, 6) is -0.728. The van der Waals surface area contributed by atoms with Crippen molar-refractivity contribution >= 4 is 0 Å².